The molecule has 132 valence electrons. The molecule has 0 saturated carbocycles. The van der Waals surface area contributed by atoms with Crippen molar-refractivity contribution in [1.82, 2.24) is 9.78 Å². The normalized spacial score (nSPS) is 10.5. The number of aryl methyl sites for hydroxylation is 1. The van der Waals surface area contributed by atoms with Crippen molar-refractivity contribution in [3.05, 3.63) is 59.9 Å². The Morgan fingerprint density at radius 3 is 2.46 bits per heavy atom. The molecule has 1 aromatic heterocycles. The van der Waals surface area contributed by atoms with Gasteiger partial charge in [0.05, 0.1) is 17.6 Å². The second-order valence-corrected chi connectivity index (χ2v) is 5.81. The first kappa shape index (κ1) is 17.0. The van der Waals surface area contributed by atoms with Gasteiger partial charge in [0, 0.05) is 5.69 Å². The maximum atomic E-state index is 11.5. The van der Waals surface area contributed by atoms with Gasteiger partial charge >= 0.3 is 6.03 Å². The number of hydrogen-bond acceptors (Lipinski definition) is 4. The third kappa shape index (κ3) is 3.34. The van der Waals surface area contributed by atoms with Crippen molar-refractivity contribution in [3.63, 3.8) is 0 Å². The monoisotopic (exact) mass is 350 g/mol. The van der Waals surface area contributed by atoms with E-state index in [0.29, 0.717) is 11.4 Å². The van der Waals surface area contributed by atoms with Crippen LogP contribution in [0, 0.1) is 6.92 Å². The first-order valence-corrected chi connectivity index (χ1v) is 7.78. The Bertz CT molecular complexity index is 1010. The van der Waals surface area contributed by atoms with Gasteiger partial charge in [0.2, 0.25) is 0 Å². The summed E-state index contributed by atoms with van der Waals surface area (Å²) < 4.78 is 1.45. The van der Waals surface area contributed by atoms with Gasteiger partial charge in [-0.3, -0.25) is 4.79 Å². The fraction of sp³-hybridized carbons (Fsp3) is 0.0556. The van der Waals surface area contributed by atoms with E-state index in [4.69, 9.17) is 17.2 Å². The maximum absolute atomic E-state index is 11.5. The Balaban J connectivity index is 2.04. The number of nitrogens with two attached hydrogens (primary N) is 3. The lowest BCUT2D eigenvalue weighted by atomic mass is 10.0. The Hall–Kier alpha value is -3.81. The van der Waals surface area contributed by atoms with E-state index in [1.807, 2.05) is 49.4 Å². The number of primary amides is 2. The molecule has 8 heteroatoms. The Labute approximate surface area is 149 Å². The number of carbonyl (C=O) groups is 2. The van der Waals surface area contributed by atoms with E-state index < -0.39 is 11.9 Å². The summed E-state index contributed by atoms with van der Waals surface area (Å²) in [6, 6.07) is 12.5. The number of anilines is 2. The summed E-state index contributed by atoms with van der Waals surface area (Å²) >= 11 is 0. The highest BCUT2D eigenvalue weighted by atomic mass is 16.2. The molecule has 7 N–H and O–H groups in total. The summed E-state index contributed by atoms with van der Waals surface area (Å²) in [7, 11) is 0. The maximum Gasteiger partial charge on any atom is 0.316 e. The zero-order valence-corrected chi connectivity index (χ0v) is 14.1. The number of urea groups is 1. The molecular weight excluding hydrogens is 332 g/mol. The molecule has 1 heterocycles. The van der Waals surface area contributed by atoms with E-state index in [9.17, 15) is 9.59 Å². The second-order valence-electron chi connectivity index (χ2n) is 5.81. The minimum absolute atomic E-state index is 0.0752. The van der Waals surface area contributed by atoms with E-state index in [-0.39, 0.29) is 11.4 Å². The van der Waals surface area contributed by atoms with Gasteiger partial charge in [-0.2, -0.15) is 5.10 Å². The zero-order chi connectivity index (χ0) is 18.8. The number of aromatic nitrogens is 2. The van der Waals surface area contributed by atoms with Crippen LogP contribution in [0.1, 0.15) is 16.1 Å². The molecule has 2 aromatic carbocycles. The molecule has 3 amide bonds. The van der Waals surface area contributed by atoms with Gasteiger partial charge in [-0.1, -0.05) is 24.3 Å². The van der Waals surface area contributed by atoms with Crippen LogP contribution in [0.15, 0.2) is 48.7 Å². The highest BCUT2D eigenvalue weighted by Crippen LogP contribution is 2.26. The molecule has 0 spiro atoms. The highest BCUT2D eigenvalue weighted by molar-refractivity contribution is 6.00. The summed E-state index contributed by atoms with van der Waals surface area (Å²) in [5.41, 5.74) is 20.8. The number of amides is 3. The van der Waals surface area contributed by atoms with Gasteiger partial charge in [-0.05, 0) is 41.8 Å². The fourth-order valence-electron chi connectivity index (χ4n) is 2.56. The van der Waals surface area contributed by atoms with Crippen LogP contribution < -0.4 is 22.5 Å². The first-order valence-electron chi connectivity index (χ1n) is 7.78. The summed E-state index contributed by atoms with van der Waals surface area (Å²) in [5, 5.41) is 6.49. The standard InChI is InChI=1S/C18H18N6O2/c1-10-5-6-12(8-14(10)19)11-3-2-4-13(7-11)24-9-15(22-18(21)26)16(23-24)17(20)25/h2-9H,19H2,1H3,(H2,20,25)(H3,21,22,26). The van der Waals surface area contributed by atoms with Crippen molar-refractivity contribution >= 4 is 23.3 Å². The topological polar surface area (TPSA) is 142 Å². The lowest BCUT2D eigenvalue weighted by molar-refractivity contribution is 0.0996. The lowest BCUT2D eigenvalue weighted by Gasteiger charge is -2.08. The predicted octanol–water partition coefficient (Wildman–Crippen LogP) is 2.02. The van der Waals surface area contributed by atoms with Gasteiger partial charge in [-0.15, -0.1) is 0 Å². The fourth-order valence-corrected chi connectivity index (χ4v) is 2.56. The number of nitrogens with one attached hydrogen (secondary N) is 1. The third-order valence-electron chi connectivity index (χ3n) is 3.93. The van der Waals surface area contributed by atoms with E-state index >= 15 is 0 Å². The molecule has 0 aliphatic heterocycles. The molecule has 0 aliphatic rings. The van der Waals surface area contributed by atoms with Gasteiger partial charge in [-0.25, -0.2) is 9.48 Å². The first-order chi connectivity index (χ1) is 12.3. The van der Waals surface area contributed by atoms with Crippen LogP contribution >= 0.6 is 0 Å². The Morgan fingerprint density at radius 1 is 1.08 bits per heavy atom. The molecule has 0 unspecified atom stereocenters. The summed E-state index contributed by atoms with van der Waals surface area (Å²) in [6.07, 6.45) is 1.48. The van der Waals surface area contributed by atoms with Crippen molar-refractivity contribution in [2.24, 2.45) is 11.5 Å². The third-order valence-corrected chi connectivity index (χ3v) is 3.93. The minimum atomic E-state index is -0.809. The van der Waals surface area contributed by atoms with Crippen LogP contribution in [0.4, 0.5) is 16.2 Å². The van der Waals surface area contributed by atoms with Crippen molar-refractivity contribution in [1.29, 1.82) is 0 Å². The number of rotatable bonds is 4. The molecule has 26 heavy (non-hydrogen) atoms. The SMILES string of the molecule is Cc1ccc(-c2cccc(-n3cc(NC(N)=O)c(C(N)=O)n3)c2)cc1N. The summed E-state index contributed by atoms with van der Waals surface area (Å²) in [5.74, 6) is -0.769. The minimum Gasteiger partial charge on any atom is -0.398 e. The predicted molar refractivity (Wildman–Crippen MR) is 99.9 cm³/mol. The van der Waals surface area contributed by atoms with Crippen LogP contribution in [-0.4, -0.2) is 21.7 Å². The van der Waals surface area contributed by atoms with Crippen LogP contribution in [0.5, 0.6) is 0 Å². The molecular formula is C18H18N6O2. The molecule has 0 aliphatic carbocycles. The number of nitrogens with zero attached hydrogens (tertiary/aromatic N) is 2. The van der Waals surface area contributed by atoms with Gasteiger partial charge in [0.15, 0.2) is 5.69 Å². The number of carbonyl (C=O) groups excluding carboxylic acids is 2. The number of benzene rings is 2. The van der Waals surface area contributed by atoms with Crippen molar-refractivity contribution < 1.29 is 9.59 Å². The Kier molecular flexibility index (Phi) is 4.32. The molecule has 0 fully saturated rings. The average molecular weight is 350 g/mol. The lowest BCUT2D eigenvalue weighted by Crippen LogP contribution is -2.22. The average Bonchev–Trinajstić information content (AvgIpc) is 3.01. The second kappa shape index (κ2) is 6.60. The molecule has 0 bridgehead atoms. The molecule has 3 aromatic rings. The van der Waals surface area contributed by atoms with Crippen molar-refractivity contribution in [3.8, 4) is 16.8 Å². The van der Waals surface area contributed by atoms with Crippen LogP contribution in [0.25, 0.3) is 16.8 Å². The molecule has 0 radical (unpaired) electrons. The number of nitrogen functional groups attached to an aromatic ring is 1. The van der Waals surface area contributed by atoms with E-state index in [0.717, 1.165) is 16.7 Å². The molecule has 8 nitrogen and oxygen atoms in total. The summed E-state index contributed by atoms with van der Waals surface area (Å²) in [4.78, 5) is 22.6. The number of hydrogen-bond donors (Lipinski definition) is 4. The van der Waals surface area contributed by atoms with Gasteiger partial charge in [0.25, 0.3) is 5.91 Å². The van der Waals surface area contributed by atoms with Crippen molar-refractivity contribution in [2.45, 2.75) is 6.92 Å². The van der Waals surface area contributed by atoms with Crippen LogP contribution in [0.3, 0.4) is 0 Å². The smallest absolute Gasteiger partial charge is 0.316 e. The summed E-state index contributed by atoms with van der Waals surface area (Å²) in [6.45, 7) is 1.94. The van der Waals surface area contributed by atoms with E-state index in [1.54, 1.807) is 0 Å². The van der Waals surface area contributed by atoms with Crippen molar-refractivity contribution in [2.75, 3.05) is 11.1 Å². The van der Waals surface area contributed by atoms with Crippen LogP contribution in [0.2, 0.25) is 0 Å². The van der Waals surface area contributed by atoms with E-state index in [2.05, 4.69) is 10.4 Å². The molecule has 0 saturated heterocycles. The molecule has 0 atom stereocenters. The molecule has 3 rings (SSSR count). The zero-order valence-electron chi connectivity index (χ0n) is 14.1. The van der Waals surface area contributed by atoms with E-state index in [1.165, 1.54) is 10.9 Å². The van der Waals surface area contributed by atoms with Gasteiger partial charge in [0.1, 0.15) is 0 Å². The van der Waals surface area contributed by atoms with Gasteiger partial charge < -0.3 is 22.5 Å². The largest absolute Gasteiger partial charge is 0.398 e. The quantitative estimate of drug-likeness (QED) is 0.534. The Morgan fingerprint density at radius 2 is 1.81 bits per heavy atom. The van der Waals surface area contributed by atoms with Crippen LogP contribution in [-0.2, 0) is 0 Å². The highest BCUT2D eigenvalue weighted by Gasteiger charge is 2.16.